The number of anilines is 2. The molecule has 4 N–H and O–H groups in total. The number of rotatable bonds is 5. The summed E-state index contributed by atoms with van der Waals surface area (Å²) in [6.45, 7) is 0.232. The first-order valence-corrected chi connectivity index (χ1v) is 6.92. The van der Waals surface area contributed by atoms with Crippen molar-refractivity contribution in [1.29, 1.82) is 10.7 Å². The first-order chi connectivity index (χ1) is 11.1. The number of aromatic nitrogens is 1. The molecule has 116 valence electrons. The zero-order valence-corrected chi connectivity index (χ0v) is 12.4. The molecule has 0 aliphatic rings. The number of amides is 2. The molecular weight excluding hydrogens is 292 g/mol. The predicted molar refractivity (Wildman–Crippen MR) is 88.3 cm³/mol. The normalized spacial score (nSPS) is 9.70. The summed E-state index contributed by atoms with van der Waals surface area (Å²) in [4.78, 5) is 17.9. The van der Waals surface area contributed by atoms with E-state index in [0.717, 1.165) is 0 Å². The molecule has 0 saturated carbocycles. The summed E-state index contributed by atoms with van der Waals surface area (Å²) < 4.78 is 0. The highest BCUT2D eigenvalue weighted by molar-refractivity contribution is 6.02. The number of urea groups is 1. The lowest BCUT2D eigenvalue weighted by molar-refractivity contribution is 0.257. The molecule has 0 bridgehead atoms. The topological polar surface area (TPSA) is 119 Å². The van der Waals surface area contributed by atoms with Gasteiger partial charge in [0.25, 0.3) is 0 Å². The molecule has 1 aromatic heterocycles. The monoisotopic (exact) mass is 308 g/mol. The molecule has 2 amide bonds. The summed E-state index contributed by atoms with van der Waals surface area (Å²) in [5.41, 5.74) is 6.96. The molecule has 1 heterocycles. The fourth-order valence-electron chi connectivity index (χ4n) is 1.95. The molecular formula is C16H16N6O. The van der Waals surface area contributed by atoms with E-state index in [1.54, 1.807) is 42.6 Å². The van der Waals surface area contributed by atoms with Gasteiger partial charge in [-0.1, -0.05) is 6.07 Å². The van der Waals surface area contributed by atoms with Crippen LogP contribution >= 0.6 is 0 Å². The van der Waals surface area contributed by atoms with Crippen LogP contribution in [-0.2, 0) is 0 Å². The highest BCUT2D eigenvalue weighted by Crippen LogP contribution is 2.18. The Morgan fingerprint density at radius 1 is 1.39 bits per heavy atom. The molecule has 0 spiro atoms. The lowest BCUT2D eigenvalue weighted by Gasteiger charge is -2.23. The molecule has 0 fully saturated rings. The Hall–Kier alpha value is -3.40. The Morgan fingerprint density at radius 2 is 2.22 bits per heavy atom. The van der Waals surface area contributed by atoms with Crippen LogP contribution in [0.3, 0.4) is 0 Å². The van der Waals surface area contributed by atoms with E-state index in [9.17, 15) is 4.79 Å². The van der Waals surface area contributed by atoms with Gasteiger partial charge in [0.15, 0.2) is 0 Å². The Balaban J connectivity index is 2.24. The number of hydrogen-bond acceptors (Lipinski definition) is 4. The zero-order chi connectivity index (χ0) is 16.7. The smallest absolute Gasteiger partial charge is 0.326 e. The second kappa shape index (κ2) is 7.56. The number of benzene rings is 1. The van der Waals surface area contributed by atoms with Crippen molar-refractivity contribution in [3.05, 3.63) is 54.4 Å². The Morgan fingerprint density at radius 3 is 2.87 bits per heavy atom. The van der Waals surface area contributed by atoms with E-state index >= 15 is 0 Å². The fourth-order valence-corrected chi connectivity index (χ4v) is 1.95. The number of pyridine rings is 1. The van der Waals surface area contributed by atoms with Crippen LogP contribution in [0, 0.1) is 16.7 Å². The SMILES string of the molecule is N#Cc1cccc(N(CCC(=N)N)C(=O)Nc2cccnc2)c1. The third-order valence-electron chi connectivity index (χ3n) is 3.05. The van der Waals surface area contributed by atoms with Crippen LogP contribution in [0.2, 0.25) is 0 Å². The first kappa shape index (κ1) is 16.0. The van der Waals surface area contributed by atoms with Crippen LogP contribution in [0.1, 0.15) is 12.0 Å². The van der Waals surface area contributed by atoms with Crippen LogP contribution in [0.15, 0.2) is 48.8 Å². The molecule has 0 aliphatic carbocycles. The number of nitrogens with one attached hydrogen (secondary N) is 2. The highest BCUT2D eigenvalue weighted by atomic mass is 16.2. The first-order valence-electron chi connectivity index (χ1n) is 6.92. The van der Waals surface area contributed by atoms with Crippen LogP contribution in [0.4, 0.5) is 16.2 Å². The van der Waals surface area contributed by atoms with Gasteiger partial charge in [-0.05, 0) is 30.3 Å². The van der Waals surface area contributed by atoms with Gasteiger partial charge >= 0.3 is 6.03 Å². The Kier molecular flexibility index (Phi) is 5.25. The molecule has 2 aromatic rings. The maximum Gasteiger partial charge on any atom is 0.326 e. The Labute approximate surface area is 133 Å². The van der Waals surface area contributed by atoms with E-state index in [1.165, 1.54) is 11.1 Å². The molecule has 2 rings (SSSR count). The van der Waals surface area contributed by atoms with E-state index in [2.05, 4.69) is 10.3 Å². The number of nitrogens with two attached hydrogens (primary N) is 1. The minimum atomic E-state index is -0.380. The zero-order valence-electron chi connectivity index (χ0n) is 12.4. The summed E-state index contributed by atoms with van der Waals surface area (Å²) in [5, 5.41) is 19.1. The fraction of sp³-hybridized carbons (Fsp3) is 0.125. The van der Waals surface area contributed by atoms with Crippen molar-refractivity contribution in [2.24, 2.45) is 5.73 Å². The lowest BCUT2D eigenvalue weighted by Crippen LogP contribution is -2.37. The van der Waals surface area contributed by atoms with E-state index in [0.29, 0.717) is 16.9 Å². The molecule has 0 atom stereocenters. The van der Waals surface area contributed by atoms with E-state index in [-0.39, 0.29) is 24.8 Å². The van der Waals surface area contributed by atoms with Crippen LogP contribution in [-0.4, -0.2) is 23.4 Å². The minimum absolute atomic E-state index is 0.0133. The van der Waals surface area contributed by atoms with Gasteiger partial charge in [0.1, 0.15) is 0 Å². The predicted octanol–water partition coefficient (Wildman–Crippen LogP) is 2.32. The summed E-state index contributed by atoms with van der Waals surface area (Å²) in [6, 6.07) is 11.8. The second-order valence-electron chi connectivity index (χ2n) is 4.76. The number of hydrogen-bond donors (Lipinski definition) is 3. The Bertz CT molecular complexity index is 738. The van der Waals surface area contributed by atoms with Crippen molar-refractivity contribution in [3.8, 4) is 6.07 Å². The van der Waals surface area contributed by atoms with Crippen molar-refractivity contribution in [2.75, 3.05) is 16.8 Å². The quantitative estimate of drug-likeness (QED) is 0.580. The summed E-state index contributed by atoms with van der Waals surface area (Å²) in [5.74, 6) is -0.0133. The molecule has 0 saturated heterocycles. The summed E-state index contributed by atoms with van der Waals surface area (Å²) >= 11 is 0. The molecule has 7 heteroatoms. The number of amidine groups is 1. The lowest BCUT2D eigenvalue weighted by atomic mass is 10.2. The molecule has 7 nitrogen and oxygen atoms in total. The summed E-state index contributed by atoms with van der Waals surface area (Å²) in [6.07, 6.45) is 3.38. The second-order valence-corrected chi connectivity index (χ2v) is 4.76. The van der Waals surface area contributed by atoms with Crippen LogP contribution in [0.25, 0.3) is 0 Å². The van der Waals surface area contributed by atoms with Gasteiger partial charge in [-0.25, -0.2) is 4.79 Å². The molecule has 0 unspecified atom stereocenters. The number of nitrogens with zero attached hydrogens (tertiary/aromatic N) is 3. The average Bonchev–Trinajstić information content (AvgIpc) is 2.56. The van der Waals surface area contributed by atoms with Gasteiger partial charge in [-0.3, -0.25) is 15.3 Å². The average molecular weight is 308 g/mol. The number of nitriles is 1. The molecule has 0 radical (unpaired) electrons. The van der Waals surface area contributed by atoms with Gasteiger partial charge in [-0.2, -0.15) is 5.26 Å². The third kappa shape index (κ3) is 4.54. The standard InChI is InChI=1S/C16H16N6O/c17-10-12-3-1-5-14(9-12)22(8-6-15(18)19)16(23)21-13-4-2-7-20-11-13/h1-5,7,9,11H,6,8H2,(H3,18,19)(H,21,23). The van der Waals surface area contributed by atoms with Crippen LogP contribution in [0.5, 0.6) is 0 Å². The van der Waals surface area contributed by atoms with Crippen molar-refractivity contribution >= 4 is 23.2 Å². The van der Waals surface area contributed by atoms with Crippen molar-refractivity contribution in [1.82, 2.24) is 4.98 Å². The van der Waals surface area contributed by atoms with Gasteiger partial charge in [0.2, 0.25) is 0 Å². The van der Waals surface area contributed by atoms with Crippen molar-refractivity contribution in [3.63, 3.8) is 0 Å². The maximum absolute atomic E-state index is 12.5. The molecule has 1 aromatic carbocycles. The largest absolute Gasteiger partial charge is 0.388 e. The maximum atomic E-state index is 12.5. The number of carbonyl (C=O) groups excluding carboxylic acids is 1. The van der Waals surface area contributed by atoms with Crippen molar-refractivity contribution < 1.29 is 4.79 Å². The molecule has 23 heavy (non-hydrogen) atoms. The van der Waals surface area contributed by atoms with E-state index < -0.39 is 0 Å². The van der Waals surface area contributed by atoms with Gasteiger partial charge < -0.3 is 11.1 Å². The van der Waals surface area contributed by atoms with Crippen molar-refractivity contribution in [2.45, 2.75) is 6.42 Å². The van der Waals surface area contributed by atoms with Gasteiger partial charge in [0.05, 0.1) is 29.4 Å². The third-order valence-corrected chi connectivity index (χ3v) is 3.05. The summed E-state index contributed by atoms with van der Waals surface area (Å²) in [7, 11) is 0. The van der Waals surface area contributed by atoms with E-state index in [4.69, 9.17) is 16.4 Å². The van der Waals surface area contributed by atoms with Crippen LogP contribution < -0.4 is 16.0 Å². The number of carbonyl (C=O) groups is 1. The minimum Gasteiger partial charge on any atom is -0.388 e. The van der Waals surface area contributed by atoms with Gasteiger partial charge in [0, 0.05) is 24.8 Å². The van der Waals surface area contributed by atoms with Gasteiger partial charge in [-0.15, -0.1) is 0 Å². The highest BCUT2D eigenvalue weighted by Gasteiger charge is 2.16. The molecule has 0 aliphatic heterocycles. The van der Waals surface area contributed by atoms with E-state index in [1.807, 2.05) is 6.07 Å².